The van der Waals surface area contributed by atoms with Crippen LogP contribution < -0.4 is 10.9 Å². The Bertz CT molecular complexity index is 1230. The van der Waals surface area contributed by atoms with E-state index in [4.69, 9.17) is 0 Å². The zero-order valence-corrected chi connectivity index (χ0v) is 18.1. The molecule has 0 spiro atoms. The topological polar surface area (TPSA) is 64.0 Å². The fraction of sp³-hybridized carbons (Fsp3) is 0.174. The molecule has 1 amide bonds. The first kappa shape index (κ1) is 20.4. The Hall–Kier alpha value is -2.90. The highest BCUT2D eigenvalue weighted by Gasteiger charge is 2.15. The van der Waals surface area contributed by atoms with Crippen molar-refractivity contribution in [2.75, 3.05) is 11.1 Å². The molecule has 5 nitrogen and oxygen atoms in total. The summed E-state index contributed by atoms with van der Waals surface area (Å²) in [6.07, 6.45) is 0.912. The molecule has 0 unspecified atom stereocenters. The number of hydrogen-bond donors (Lipinski definition) is 1. The average molecular weight is 436 g/mol. The summed E-state index contributed by atoms with van der Waals surface area (Å²) in [4.78, 5) is 30.2. The van der Waals surface area contributed by atoms with Gasteiger partial charge < -0.3 is 5.32 Å². The lowest BCUT2D eigenvalue weighted by atomic mass is 10.1. The normalized spacial score (nSPS) is 11.0. The van der Waals surface area contributed by atoms with E-state index in [9.17, 15) is 9.59 Å². The van der Waals surface area contributed by atoms with Crippen molar-refractivity contribution in [3.8, 4) is 0 Å². The van der Waals surface area contributed by atoms with E-state index in [1.165, 1.54) is 28.7 Å². The minimum atomic E-state index is -0.126. The molecule has 2 aromatic carbocycles. The second-order valence-corrected chi connectivity index (χ2v) is 8.66. The lowest BCUT2D eigenvalue weighted by molar-refractivity contribution is -0.113. The molecule has 0 aliphatic carbocycles. The van der Waals surface area contributed by atoms with Crippen LogP contribution >= 0.6 is 23.1 Å². The van der Waals surface area contributed by atoms with Gasteiger partial charge >= 0.3 is 0 Å². The Morgan fingerprint density at radius 3 is 2.70 bits per heavy atom. The number of nitrogens with zero attached hydrogens (tertiary/aromatic N) is 2. The number of thioether (sulfide) groups is 1. The van der Waals surface area contributed by atoms with Gasteiger partial charge in [0.05, 0.1) is 17.8 Å². The molecule has 4 rings (SSSR count). The van der Waals surface area contributed by atoms with Gasteiger partial charge in [-0.3, -0.25) is 14.2 Å². The molecule has 2 heterocycles. The van der Waals surface area contributed by atoms with E-state index in [2.05, 4.69) is 17.2 Å². The van der Waals surface area contributed by atoms with Gasteiger partial charge in [-0.05, 0) is 41.1 Å². The van der Waals surface area contributed by atoms with Crippen molar-refractivity contribution in [3.05, 3.63) is 87.5 Å². The smallest absolute Gasteiger partial charge is 0.272 e. The molecule has 4 aromatic rings. The summed E-state index contributed by atoms with van der Waals surface area (Å²) in [5.74, 6) is 0.0481. The molecule has 0 fully saturated rings. The minimum Gasteiger partial charge on any atom is -0.325 e. The molecular weight excluding hydrogens is 414 g/mol. The number of fused-ring (bicyclic) bond motifs is 1. The fourth-order valence-electron chi connectivity index (χ4n) is 3.14. The first-order valence-electron chi connectivity index (χ1n) is 9.67. The lowest BCUT2D eigenvalue weighted by Gasteiger charge is -2.12. The van der Waals surface area contributed by atoms with Gasteiger partial charge in [0.25, 0.3) is 5.56 Å². The molecule has 0 aliphatic rings. The number of carbonyl (C=O) groups excluding carboxylic acids is 1. The Labute approximate surface area is 182 Å². The highest BCUT2D eigenvalue weighted by atomic mass is 32.2. The molecular formula is C23H21N3O2S2. The second-order valence-electron chi connectivity index (χ2n) is 6.80. The largest absolute Gasteiger partial charge is 0.325 e. The van der Waals surface area contributed by atoms with Crippen LogP contribution in [-0.2, 0) is 17.8 Å². The van der Waals surface area contributed by atoms with Crippen molar-refractivity contribution in [1.82, 2.24) is 9.55 Å². The van der Waals surface area contributed by atoms with E-state index in [-0.39, 0.29) is 17.2 Å². The van der Waals surface area contributed by atoms with E-state index in [0.29, 0.717) is 21.9 Å². The summed E-state index contributed by atoms with van der Waals surface area (Å²) in [6, 6.07) is 19.5. The highest BCUT2D eigenvalue weighted by molar-refractivity contribution is 7.99. The third kappa shape index (κ3) is 4.63. The van der Waals surface area contributed by atoms with Crippen LogP contribution in [0.4, 0.5) is 5.69 Å². The number of carbonyl (C=O) groups is 1. The molecule has 30 heavy (non-hydrogen) atoms. The van der Waals surface area contributed by atoms with Gasteiger partial charge in [0.2, 0.25) is 5.91 Å². The highest BCUT2D eigenvalue weighted by Crippen LogP contribution is 2.22. The second kappa shape index (κ2) is 9.28. The van der Waals surface area contributed by atoms with Crippen molar-refractivity contribution in [1.29, 1.82) is 0 Å². The fourth-order valence-corrected chi connectivity index (χ4v) is 4.71. The molecule has 0 bridgehead atoms. The third-order valence-electron chi connectivity index (χ3n) is 4.67. The van der Waals surface area contributed by atoms with Gasteiger partial charge in [-0.15, -0.1) is 11.3 Å². The summed E-state index contributed by atoms with van der Waals surface area (Å²) in [7, 11) is 0. The molecule has 0 radical (unpaired) electrons. The van der Waals surface area contributed by atoms with Crippen LogP contribution in [0.15, 0.2) is 76.0 Å². The summed E-state index contributed by atoms with van der Waals surface area (Å²) in [5, 5.41) is 5.35. The molecule has 0 atom stereocenters. The molecule has 152 valence electrons. The van der Waals surface area contributed by atoms with Gasteiger partial charge in [-0.25, -0.2) is 4.98 Å². The van der Waals surface area contributed by atoms with Gasteiger partial charge in [0.15, 0.2) is 5.16 Å². The zero-order chi connectivity index (χ0) is 20.9. The summed E-state index contributed by atoms with van der Waals surface area (Å²) in [5.41, 5.74) is 3.56. The SMILES string of the molecule is CCc1cccc(NC(=O)CSc2nc3ccsc3c(=O)n2Cc2ccccc2)c1. The van der Waals surface area contributed by atoms with Crippen molar-refractivity contribution in [2.45, 2.75) is 25.0 Å². The van der Waals surface area contributed by atoms with E-state index in [0.717, 1.165) is 17.7 Å². The van der Waals surface area contributed by atoms with Crippen molar-refractivity contribution >= 4 is 44.9 Å². The molecule has 0 aliphatic heterocycles. The number of aryl methyl sites for hydroxylation is 1. The van der Waals surface area contributed by atoms with Crippen LogP contribution in [0.1, 0.15) is 18.1 Å². The summed E-state index contributed by atoms with van der Waals surface area (Å²) in [6.45, 7) is 2.50. The van der Waals surface area contributed by atoms with Gasteiger partial charge in [0, 0.05) is 5.69 Å². The zero-order valence-electron chi connectivity index (χ0n) is 16.5. The minimum absolute atomic E-state index is 0.0718. The number of rotatable bonds is 7. The van der Waals surface area contributed by atoms with Gasteiger partial charge in [0.1, 0.15) is 4.70 Å². The van der Waals surface area contributed by atoms with Crippen LogP contribution in [0, 0.1) is 0 Å². The summed E-state index contributed by atoms with van der Waals surface area (Å²) < 4.78 is 2.29. The van der Waals surface area contributed by atoms with Crippen LogP contribution in [0.2, 0.25) is 0 Å². The van der Waals surface area contributed by atoms with Crippen molar-refractivity contribution in [2.24, 2.45) is 0 Å². The Morgan fingerprint density at radius 1 is 1.10 bits per heavy atom. The Balaban J connectivity index is 1.56. The third-order valence-corrected chi connectivity index (χ3v) is 6.53. The van der Waals surface area contributed by atoms with E-state index in [1.807, 2.05) is 66.0 Å². The number of benzene rings is 2. The summed E-state index contributed by atoms with van der Waals surface area (Å²) >= 11 is 2.67. The number of aromatic nitrogens is 2. The molecule has 1 N–H and O–H groups in total. The number of anilines is 1. The average Bonchev–Trinajstić information content (AvgIpc) is 3.24. The molecule has 0 saturated heterocycles. The van der Waals surface area contributed by atoms with Gasteiger partial charge in [-0.1, -0.05) is 61.2 Å². The molecule has 0 saturated carbocycles. The van der Waals surface area contributed by atoms with Crippen LogP contribution in [-0.4, -0.2) is 21.2 Å². The Kier molecular flexibility index (Phi) is 6.30. The Morgan fingerprint density at radius 2 is 1.90 bits per heavy atom. The predicted molar refractivity (Wildman–Crippen MR) is 125 cm³/mol. The van der Waals surface area contributed by atoms with Gasteiger partial charge in [-0.2, -0.15) is 0 Å². The maximum Gasteiger partial charge on any atom is 0.272 e. The van der Waals surface area contributed by atoms with Crippen molar-refractivity contribution < 1.29 is 4.79 Å². The first-order valence-corrected chi connectivity index (χ1v) is 11.5. The van der Waals surface area contributed by atoms with Crippen molar-refractivity contribution in [3.63, 3.8) is 0 Å². The van der Waals surface area contributed by atoms with Crippen LogP contribution in [0.25, 0.3) is 10.2 Å². The maximum absolute atomic E-state index is 13.0. The standard InChI is InChI=1S/C23H21N3O2S2/c1-2-16-9-6-10-18(13-16)24-20(27)15-30-23-25-19-11-12-29-21(19)22(28)26(23)14-17-7-4-3-5-8-17/h3-13H,2,14-15H2,1H3,(H,24,27). The quantitative estimate of drug-likeness (QED) is 0.335. The number of amides is 1. The lowest BCUT2D eigenvalue weighted by Crippen LogP contribution is -2.24. The van der Waals surface area contributed by atoms with Crippen LogP contribution in [0.3, 0.4) is 0 Å². The number of nitrogens with one attached hydrogen (secondary N) is 1. The van der Waals surface area contributed by atoms with E-state index in [1.54, 1.807) is 4.57 Å². The first-order chi connectivity index (χ1) is 14.6. The monoisotopic (exact) mass is 435 g/mol. The molecule has 7 heteroatoms. The van der Waals surface area contributed by atoms with E-state index >= 15 is 0 Å². The molecule has 2 aromatic heterocycles. The maximum atomic E-state index is 13.0. The predicted octanol–water partition coefficient (Wildman–Crippen LogP) is 4.80. The number of hydrogen-bond acceptors (Lipinski definition) is 5. The van der Waals surface area contributed by atoms with E-state index < -0.39 is 0 Å². The van der Waals surface area contributed by atoms with Crippen LogP contribution in [0.5, 0.6) is 0 Å². The number of thiophene rings is 1.